The highest BCUT2D eigenvalue weighted by molar-refractivity contribution is 5.82. The lowest BCUT2D eigenvalue weighted by Gasteiger charge is -2.25. The summed E-state index contributed by atoms with van der Waals surface area (Å²) in [6.45, 7) is 8.93. The highest BCUT2D eigenvalue weighted by atomic mass is 16.6. The van der Waals surface area contributed by atoms with Gasteiger partial charge in [0.25, 0.3) is 0 Å². The van der Waals surface area contributed by atoms with Crippen LogP contribution >= 0.6 is 0 Å². The smallest absolute Gasteiger partial charge is 0.407 e. The van der Waals surface area contributed by atoms with E-state index >= 15 is 0 Å². The minimum atomic E-state index is -0.481. The Hall–Kier alpha value is -1.30. The Bertz CT molecular complexity index is 379. The molecule has 6 heteroatoms. The second kappa shape index (κ2) is 8.36. The van der Waals surface area contributed by atoms with Crippen LogP contribution in [0.3, 0.4) is 0 Å². The Balaban J connectivity index is 2.14. The largest absolute Gasteiger partial charge is 0.444 e. The van der Waals surface area contributed by atoms with Gasteiger partial charge in [0.1, 0.15) is 5.60 Å². The third kappa shape index (κ3) is 6.64. The molecular formula is C16H31N3O3. The molecule has 0 aromatic rings. The molecule has 2 amide bonds. The summed E-state index contributed by atoms with van der Waals surface area (Å²) in [5.41, 5.74) is 5.50. The third-order valence-electron chi connectivity index (χ3n) is 3.76. The fraction of sp³-hybridized carbons (Fsp3) is 0.875. The Morgan fingerprint density at radius 1 is 1.36 bits per heavy atom. The molecule has 1 saturated heterocycles. The van der Waals surface area contributed by atoms with Crippen molar-refractivity contribution < 1.29 is 14.3 Å². The van der Waals surface area contributed by atoms with E-state index in [0.717, 1.165) is 32.2 Å². The molecule has 1 aliphatic rings. The maximum atomic E-state index is 12.2. The van der Waals surface area contributed by atoms with E-state index in [-0.39, 0.29) is 5.91 Å². The lowest BCUT2D eigenvalue weighted by molar-refractivity contribution is -0.133. The number of hydrogen-bond acceptors (Lipinski definition) is 4. The minimum absolute atomic E-state index is 0.0603. The van der Waals surface area contributed by atoms with Crippen LogP contribution < -0.4 is 11.1 Å². The summed E-state index contributed by atoms with van der Waals surface area (Å²) < 4.78 is 5.15. The average molecular weight is 313 g/mol. The van der Waals surface area contributed by atoms with Crippen LogP contribution in [0.5, 0.6) is 0 Å². The number of carbonyl (C=O) groups is 2. The Labute approximate surface area is 133 Å². The molecule has 128 valence electrons. The molecule has 22 heavy (non-hydrogen) atoms. The van der Waals surface area contributed by atoms with Crippen LogP contribution in [0, 0.1) is 0 Å². The second-order valence-electron chi connectivity index (χ2n) is 7.05. The monoisotopic (exact) mass is 313 g/mol. The molecule has 2 atom stereocenters. The second-order valence-corrected chi connectivity index (χ2v) is 7.05. The first-order chi connectivity index (χ1) is 10.2. The number of nitrogens with zero attached hydrogens (tertiary/aromatic N) is 1. The Kier molecular flexibility index (Phi) is 7.13. The van der Waals surface area contributed by atoms with Crippen LogP contribution in [0.25, 0.3) is 0 Å². The number of nitrogens with two attached hydrogens (primary N) is 1. The number of unbranched alkanes of at least 4 members (excludes halogenated alkanes) is 1. The number of likely N-dealkylation sites (tertiary alicyclic amines) is 1. The standard InChI is InChI=1S/C16H31N3O3/c1-12-8-7-11-19(12)14(20)13(17)9-5-6-10-18-15(21)22-16(2,3)4/h12-13H,5-11,17H2,1-4H3,(H,18,21). The summed E-state index contributed by atoms with van der Waals surface area (Å²) in [6.07, 6.45) is 3.98. The third-order valence-corrected chi connectivity index (χ3v) is 3.76. The number of rotatable bonds is 6. The molecule has 1 heterocycles. The Morgan fingerprint density at radius 2 is 2.05 bits per heavy atom. The van der Waals surface area contributed by atoms with E-state index in [1.807, 2.05) is 25.7 Å². The molecule has 0 aromatic heterocycles. The van der Waals surface area contributed by atoms with Crippen LogP contribution in [0.2, 0.25) is 0 Å². The maximum absolute atomic E-state index is 12.2. The van der Waals surface area contributed by atoms with Crippen molar-refractivity contribution in [2.24, 2.45) is 5.73 Å². The molecule has 1 aliphatic heterocycles. The van der Waals surface area contributed by atoms with E-state index in [2.05, 4.69) is 12.2 Å². The molecule has 1 rings (SSSR count). The highest BCUT2D eigenvalue weighted by Gasteiger charge is 2.28. The van der Waals surface area contributed by atoms with Crippen molar-refractivity contribution in [3.05, 3.63) is 0 Å². The summed E-state index contributed by atoms with van der Waals surface area (Å²) in [5.74, 6) is 0.0603. The van der Waals surface area contributed by atoms with E-state index in [4.69, 9.17) is 10.5 Å². The van der Waals surface area contributed by atoms with E-state index in [1.54, 1.807) is 0 Å². The molecule has 2 unspecified atom stereocenters. The van der Waals surface area contributed by atoms with E-state index in [1.165, 1.54) is 0 Å². The van der Waals surface area contributed by atoms with Gasteiger partial charge in [0.2, 0.25) is 5.91 Å². The van der Waals surface area contributed by atoms with Gasteiger partial charge in [-0.1, -0.05) is 0 Å². The van der Waals surface area contributed by atoms with Crippen LogP contribution in [0.4, 0.5) is 4.79 Å². The summed E-state index contributed by atoms with van der Waals surface area (Å²) in [7, 11) is 0. The Morgan fingerprint density at radius 3 is 2.59 bits per heavy atom. The maximum Gasteiger partial charge on any atom is 0.407 e. The van der Waals surface area contributed by atoms with Gasteiger partial charge in [-0.25, -0.2) is 4.79 Å². The van der Waals surface area contributed by atoms with Crippen LogP contribution in [-0.2, 0) is 9.53 Å². The molecule has 1 fully saturated rings. The predicted molar refractivity (Wildman–Crippen MR) is 86.5 cm³/mol. The van der Waals surface area contributed by atoms with Crippen molar-refractivity contribution in [2.45, 2.75) is 77.5 Å². The summed E-state index contributed by atoms with van der Waals surface area (Å²) in [4.78, 5) is 25.5. The molecular weight excluding hydrogens is 282 g/mol. The molecule has 0 saturated carbocycles. The lowest BCUT2D eigenvalue weighted by atomic mass is 10.1. The van der Waals surface area contributed by atoms with E-state index in [9.17, 15) is 9.59 Å². The van der Waals surface area contributed by atoms with Crippen LogP contribution in [-0.4, -0.2) is 47.7 Å². The topological polar surface area (TPSA) is 84.7 Å². The van der Waals surface area contributed by atoms with Gasteiger partial charge in [0.05, 0.1) is 6.04 Å². The number of nitrogens with one attached hydrogen (secondary N) is 1. The van der Waals surface area contributed by atoms with Crippen LogP contribution in [0.1, 0.15) is 59.8 Å². The zero-order valence-corrected chi connectivity index (χ0v) is 14.4. The summed E-state index contributed by atoms with van der Waals surface area (Å²) >= 11 is 0. The van der Waals surface area contributed by atoms with Crippen molar-refractivity contribution in [1.82, 2.24) is 10.2 Å². The van der Waals surface area contributed by atoms with E-state index in [0.29, 0.717) is 19.0 Å². The quantitative estimate of drug-likeness (QED) is 0.735. The van der Waals surface area contributed by atoms with Gasteiger partial charge in [0, 0.05) is 19.1 Å². The van der Waals surface area contributed by atoms with Crippen LogP contribution in [0.15, 0.2) is 0 Å². The van der Waals surface area contributed by atoms with Crippen molar-refractivity contribution in [3.63, 3.8) is 0 Å². The highest BCUT2D eigenvalue weighted by Crippen LogP contribution is 2.18. The first-order valence-corrected chi connectivity index (χ1v) is 8.23. The first-order valence-electron chi connectivity index (χ1n) is 8.23. The van der Waals surface area contributed by atoms with Gasteiger partial charge >= 0.3 is 6.09 Å². The van der Waals surface area contributed by atoms with Gasteiger partial charge in [-0.3, -0.25) is 4.79 Å². The van der Waals surface area contributed by atoms with Gasteiger partial charge in [-0.05, 0) is 59.8 Å². The molecule has 0 bridgehead atoms. The fourth-order valence-electron chi connectivity index (χ4n) is 2.59. The fourth-order valence-corrected chi connectivity index (χ4v) is 2.59. The summed E-state index contributed by atoms with van der Waals surface area (Å²) in [6, 6.07) is -0.116. The first kappa shape index (κ1) is 18.7. The number of hydrogen-bond donors (Lipinski definition) is 2. The number of carbonyl (C=O) groups excluding carboxylic acids is 2. The van der Waals surface area contributed by atoms with E-state index < -0.39 is 17.7 Å². The zero-order chi connectivity index (χ0) is 16.8. The number of alkyl carbamates (subject to hydrolysis) is 1. The molecule has 0 radical (unpaired) electrons. The molecule has 3 N–H and O–H groups in total. The SMILES string of the molecule is CC1CCCN1C(=O)C(N)CCCCNC(=O)OC(C)(C)C. The molecule has 0 aromatic carbocycles. The average Bonchev–Trinajstić information content (AvgIpc) is 2.81. The van der Waals surface area contributed by atoms with Crippen molar-refractivity contribution >= 4 is 12.0 Å². The predicted octanol–water partition coefficient (Wildman–Crippen LogP) is 2.02. The van der Waals surface area contributed by atoms with Crippen molar-refractivity contribution in [3.8, 4) is 0 Å². The van der Waals surface area contributed by atoms with Gasteiger partial charge in [-0.2, -0.15) is 0 Å². The van der Waals surface area contributed by atoms with Crippen molar-refractivity contribution in [2.75, 3.05) is 13.1 Å². The van der Waals surface area contributed by atoms with Gasteiger partial charge in [0.15, 0.2) is 0 Å². The molecule has 6 nitrogen and oxygen atoms in total. The van der Waals surface area contributed by atoms with Gasteiger partial charge < -0.3 is 20.7 Å². The minimum Gasteiger partial charge on any atom is -0.444 e. The molecule has 0 spiro atoms. The number of ether oxygens (including phenoxy) is 1. The van der Waals surface area contributed by atoms with Crippen molar-refractivity contribution in [1.29, 1.82) is 0 Å². The lowest BCUT2D eigenvalue weighted by Crippen LogP contribution is -2.45. The van der Waals surface area contributed by atoms with Gasteiger partial charge in [-0.15, -0.1) is 0 Å². The normalized spacial score (nSPS) is 19.9. The zero-order valence-electron chi connectivity index (χ0n) is 14.4. The molecule has 0 aliphatic carbocycles. The number of amides is 2. The summed E-state index contributed by atoms with van der Waals surface area (Å²) in [5, 5.41) is 2.71.